The number of ether oxygens (including phenoxy) is 1. The van der Waals surface area contributed by atoms with Crippen molar-refractivity contribution in [1.29, 1.82) is 0 Å². The maximum absolute atomic E-state index is 12.3. The molecule has 0 aliphatic rings. The van der Waals surface area contributed by atoms with Crippen LogP contribution in [-0.2, 0) is 16.0 Å². The Morgan fingerprint density at radius 2 is 1.92 bits per heavy atom. The van der Waals surface area contributed by atoms with Gasteiger partial charge in [-0.2, -0.15) is 0 Å². The van der Waals surface area contributed by atoms with E-state index >= 15 is 0 Å². The number of carbonyl (C=O) groups is 3. The molecule has 1 aromatic carbocycles. The van der Waals surface area contributed by atoms with Crippen LogP contribution in [0.15, 0.2) is 24.3 Å². The number of benzene rings is 1. The Bertz CT molecular complexity index is 755. The molecule has 2 rings (SSSR count). The topological polar surface area (TPSA) is 98.2 Å². The number of rotatable bonds is 6. The smallest absolute Gasteiger partial charge is 0.352 e. The van der Waals surface area contributed by atoms with Crippen LogP contribution in [0.1, 0.15) is 46.5 Å². The summed E-state index contributed by atoms with van der Waals surface area (Å²) in [6.45, 7) is 4.78. The molecule has 0 bridgehead atoms. The van der Waals surface area contributed by atoms with Gasteiger partial charge in [-0.15, -0.1) is 5.10 Å². The van der Waals surface area contributed by atoms with Crippen molar-refractivity contribution in [2.24, 2.45) is 0 Å². The molecule has 126 valence electrons. The van der Waals surface area contributed by atoms with Gasteiger partial charge in [-0.25, -0.2) is 4.79 Å². The lowest BCUT2D eigenvalue weighted by Crippen LogP contribution is -2.24. The molecule has 0 unspecified atom stereocenters. The molecule has 1 N–H and O–H groups in total. The number of carbonyl (C=O) groups excluding carboxylic acids is 3. The molecule has 2 aromatic rings. The van der Waals surface area contributed by atoms with Crippen LogP contribution < -0.4 is 5.32 Å². The van der Waals surface area contributed by atoms with Gasteiger partial charge >= 0.3 is 5.97 Å². The van der Waals surface area contributed by atoms with Gasteiger partial charge in [0.05, 0.1) is 5.69 Å². The lowest BCUT2D eigenvalue weighted by molar-refractivity contribution is -0.114. The monoisotopic (exact) mass is 347 g/mol. The first kappa shape index (κ1) is 17.7. The summed E-state index contributed by atoms with van der Waals surface area (Å²) < 4.78 is 8.95. The van der Waals surface area contributed by atoms with E-state index < -0.39 is 12.1 Å². The van der Waals surface area contributed by atoms with Gasteiger partial charge in [-0.3, -0.25) is 9.59 Å². The number of Topliss-reactive ketones (excluding diaryl/α,β-unsaturated/α-hetero) is 1. The molecule has 1 heterocycles. The Morgan fingerprint density at radius 3 is 2.50 bits per heavy atom. The van der Waals surface area contributed by atoms with Gasteiger partial charge in [0, 0.05) is 18.2 Å². The van der Waals surface area contributed by atoms with Gasteiger partial charge in [-0.05, 0) is 49.1 Å². The predicted octanol–water partition coefficient (Wildman–Crippen LogP) is 2.49. The van der Waals surface area contributed by atoms with E-state index in [1.54, 1.807) is 24.3 Å². The highest BCUT2D eigenvalue weighted by molar-refractivity contribution is 7.07. The lowest BCUT2D eigenvalue weighted by Gasteiger charge is -2.12. The number of aromatic nitrogens is 2. The van der Waals surface area contributed by atoms with Crippen molar-refractivity contribution in [3.8, 4) is 0 Å². The van der Waals surface area contributed by atoms with Crippen LogP contribution in [0.2, 0.25) is 0 Å². The first-order chi connectivity index (χ1) is 11.4. The highest BCUT2D eigenvalue weighted by Crippen LogP contribution is 2.16. The van der Waals surface area contributed by atoms with Crippen LogP contribution in [0.3, 0.4) is 0 Å². The fourth-order valence-electron chi connectivity index (χ4n) is 2.02. The number of nitrogens with zero attached hydrogens (tertiary/aromatic N) is 2. The molecule has 0 aliphatic carbocycles. The summed E-state index contributed by atoms with van der Waals surface area (Å²) in [6, 6.07) is 6.38. The van der Waals surface area contributed by atoms with Gasteiger partial charge in [-0.1, -0.05) is 11.4 Å². The summed E-state index contributed by atoms with van der Waals surface area (Å²) in [4.78, 5) is 35.8. The van der Waals surface area contributed by atoms with Crippen molar-refractivity contribution < 1.29 is 19.1 Å². The minimum absolute atomic E-state index is 0.193. The van der Waals surface area contributed by atoms with Crippen molar-refractivity contribution in [3.63, 3.8) is 0 Å². The molecule has 0 aliphatic heterocycles. The Balaban J connectivity index is 2.04. The standard InChI is InChI=1S/C16H17N3O4S/c1-4-13-15(24-19-18-13)16(22)23-9(2)14(21)11-5-7-12(8-6-11)17-10(3)20/h5-9H,4H2,1-3H3,(H,17,20)/t9-/m0/s1. The third-order valence-corrected chi connectivity index (χ3v) is 3.97. The van der Waals surface area contributed by atoms with Gasteiger partial charge in [0.25, 0.3) is 0 Å². The quantitative estimate of drug-likeness (QED) is 0.637. The fourth-order valence-corrected chi connectivity index (χ4v) is 2.65. The Kier molecular flexibility index (Phi) is 5.75. The summed E-state index contributed by atoms with van der Waals surface area (Å²) in [5.74, 6) is -1.12. The minimum atomic E-state index is -0.934. The fraction of sp³-hybridized carbons (Fsp3) is 0.312. The average molecular weight is 347 g/mol. The van der Waals surface area contributed by atoms with E-state index in [0.717, 1.165) is 11.5 Å². The maximum atomic E-state index is 12.3. The molecule has 0 radical (unpaired) electrons. The van der Waals surface area contributed by atoms with E-state index in [-0.39, 0.29) is 11.7 Å². The highest BCUT2D eigenvalue weighted by atomic mass is 32.1. The van der Waals surface area contributed by atoms with Crippen molar-refractivity contribution in [2.45, 2.75) is 33.3 Å². The molecule has 7 nitrogen and oxygen atoms in total. The zero-order valence-electron chi connectivity index (χ0n) is 13.5. The molecule has 1 atom stereocenters. The Hall–Kier alpha value is -2.61. The summed E-state index contributed by atoms with van der Waals surface area (Å²) in [5.41, 5.74) is 1.54. The van der Waals surface area contributed by atoms with E-state index in [1.165, 1.54) is 13.8 Å². The second kappa shape index (κ2) is 7.78. The summed E-state index contributed by atoms with van der Waals surface area (Å²) in [6.07, 6.45) is -0.371. The number of ketones is 1. The molecule has 0 spiro atoms. The minimum Gasteiger partial charge on any atom is -0.450 e. The number of esters is 1. The van der Waals surface area contributed by atoms with E-state index in [1.807, 2.05) is 6.92 Å². The van der Waals surface area contributed by atoms with Gasteiger partial charge in [0.1, 0.15) is 0 Å². The van der Waals surface area contributed by atoms with Crippen LogP contribution in [0, 0.1) is 0 Å². The third-order valence-electron chi connectivity index (χ3n) is 3.22. The second-order valence-electron chi connectivity index (χ2n) is 5.07. The normalized spacial score (nSPS) is 11.6. The molecule has 24 heavy (non-hydrogen) atoms. The molecule has 0 fully saturated rings. The maximum Gasteiger partial charge on any atom is 0.352 e. The summed E-state index contributed by atoms with van der Waals surface area (Å²) in [5, 5.41) is 6.46. The number of amides is 1. The van der Waals surface area contributed by atoms with E-state index in [9.17, 15) is 14.4 Å². The van der Waals surface area contributed by atoms with Crippen molar-refractivity contribution >= 4 is 34.9 Å². The van der Waals surface area contributed by atoms with Crippen LogP contribution in [0.25, 0.3) is 0 Å². The highest BCUT2D eigenvalue weighted by Gasteiger charge is 2.23. The van der Waals surface area contributed by atoms with E-state index in [2.05, 4.69) is 14.9 Å². The van der Waals surface area contributed by atoms with Gasteiger partial charge in [0.2, 0.25) is 11.7 Å². The zero-order chi connectivity index (χ0) is 17.7. The Morgan fingerprint density at radius 1 is 1.25 bits per heavy atom. The first-order valence-electron chi connectivity index (χ1n) is 7.36. The van der Waals surface area contributed by atoms with E-state index in [4.69, 9.17) is 4.74 Å². The van der Waals surface area contributed by atoms with Gasteiger partial charge < -0.3 is 10.1 Å². The lowest BCUT2D eigenvalue weighted by atomic mass is 10.1. The molecule has 0 saturated heterocycles. The molecule has 8 heteroatoms. The molecular formula is C16H17N3O4S. The number of anilines is 1. The SMILES string of the molecule is CCc1nnsc1C(=O)O[C@@H](C)C(=O)c1ccc(NC(C)=O)cc1. The van der Waals surface area contributed by atoms with Crippen LogP contribution >= 0.6 is 11.5 Å². The largest absolute Gasteiger partial charge is 0.450 e. The van der Waals surface area contributed by atoms with Crippen molar-refractivity contribution in [3.05, 3.63) is 40.4 Å². The second-order valence-corrected chi connectivity index (χ2v) is 5.83. The summed E-state index contributed by atoms with van der Waals surface area (Å²) >= 11 is 0.952. The number of nitrogens with one attached hydrogen (secondary N) is 1. The molecule has 1 aromatic heterocycles. The Labute approximate surface area is 143 Å². The number of hydrogen-bond acceptors (Lipinski definition) is 7. The molecule has 1 amide bonds. The van der Waals surface area contributed by atoms with Crippen LogP contribution in [-0.4, -0.2) is 33.4 Å². The van der Waals surface area contributed by atoms with Crippen molar-refractivity contribution in [2.75, 3.05) is 5.32 Å². The zero-order valence-corrected chi connectivity index (χ0v) is 14.3. The molecular weight excluding hydrogens is 330 g/mol. The van der Waals surface area contributed by atoms with Crippen LogP contribution in [0.5, 0.6) is 0 Å². The first-order valence-corrected chi connectivity index (χ1v) is 8.13. The number of aryl methyl sites for hydroxylation is 1. The average Bonchev–Trinajstić information content (AvgIpc) is 3.03. The van der Waals surface area contributed by atoms with Gasteiger partial charge in [0.15, 0.2) is 11.0 Å². The molecule has 0 saturated carbocycles. The number of hydrogen-bond donors (Lipinski definition) is 1. The van der Waals surface area contributed by atoms with Crippen molar-refractivity contribution in [1.82, 2.24) is 9.59 Å². The predicted molar refractivity (Wildman–Crippen MR) is 89.2 cm³/mol. The van der Waals surface area contributed by atoms with E-state index in [0.29, 0.717) is 28.2 Å². The third kappa shape index (κ3) is 4.23. The van der Waals surface area contributed by atoms with Crippen LogP contribution in [0.4, 0.5) is 5.69 Å². The summed E-state index contributed by atoms with van der Waals surface area (Å²) in [7, 11) is 0.